The summed E-state index contributed by atoms with van der Waals surface area (Å²) in [7, 11) is 1.71. The van der Waals surface area contributed by atoms with Crippen LogP contribution in [-0.2, 0) is 11.2 Å². The molecule has 0 aliphatic carbocycles. The van der Waals surface area contributed by atoms with E-state index in [1.54, 1.807) is 7.11 Å². The number of nitrogens with one attached hydrogen (secondary N) is 1. The van der Waals surface area contributed by atoms with Gasteiger partial charge in [0.1, 0.15) is 0 Å². The van der Waals surface area contributed by atoms with Crippen LogP contribution in [0, 0.1) is 0 Å². The number of ether oxygens (including phenoxy) is 1. The molecule has 0 aromatic heterocycles. The van der Waals surface area contributed by atoms with E-state index in [-0.39, 0.29) is 0 Å². The normalized spacial score (nSPS) is 12.5. The third kappa shape index (κ3) is 4.32. The van der Waals surface area contributed by atoms with E-state index in [0.717, 1.165) is 12.1 Å². The Labute approximate surface area is 91.6 Å². The highest BCUT2D eigenvalue weighted by atomic mass is 16.5. The molecule has 0 amide bonds. The molecular weight excluding hydrogens is 188 g/mol. The minimum atomic E-state index is 0.329. The van der Waals surface area contributed by atoms with Gasteiger partial charge in [-0.2, -0.15) is 0 Å². The summed E-state index contributed by atoms with van der Waals surface area (Å²) >= 11 is 0. The lowest BCUT2D eigenvalue weighted by Crippen LogP contribution is -2.20. The molecule has 3 N–H and O–H groups in total. The number of methoxy groups -OCH3 is 1. The van der Waals surface area contributed by atoms with Crippen molar-refractivity contribution >= 4 is 5.69 Å². The van der Waals surface area contributed by atoms with Crippen LogP contribution in [0.15, 0.2) is 24.3 Å². The van der Waals surface area contributed by atoms with Crippen molar-refractivity contribution in [3.63, 3.8) is 0 Å². The summed E-state index contributed by atoms with van der Waals surface area (Å²) in [5.74, 6) is 0. The number of benzene rings is 1. The molecule has 0 saturated carbocycles. The van der Waals surface area contributed by atoms with Gasteiger partial charge in [-0.25, -0.2) is 0 Å². The maximum absolute atomic E-state index is 5.49. The van der Waals surface area contributed by atoms with Gasteiger partial charge in [0.2, 0.25) is 0 Å². The van der Waals surface area contributed by atoms with Crippen molar-refractivity contribution in [2.75, 3.05) is 25.6 Å². The minimum absolute atomic E-state index is 0.329. The van der Waals surface area contributed by atoms with Crippen LogP contribution in [0.1, 0.15) is 12.5 Å². The molecule has 0 saturated heterocycles. The Bertz CT molecular complexity index is 271. The maximum atomic E-state index is 5.49. The van der Waals surface area contributed by atoms with E-state index in [4.69, 9.17) is 10.5 Å². The molecule has 0 aliphatic heterocycles. The van der Waals surface area contributed by atoms with Crippen molar-refractivity contribution < 1.29 is 4.74 Å². The van der Waals surface area contributed by atoms with Crippen LogP contribution >= 0.6 is 0 Å². The standard InChI is InChI=1S/C12H20N2O/c1-10(9-15-2)14-12-5-3-11(4-6-12)7-8-13/h3-6,10,14H,7-9,13H2,1-2H3. The largest absolute Gasteiger partial charge is 0.383 e. The lowest BCUT2D eigenvalue weighted by molar-refractivity contribution is 0.190. The SMILES string of the molecule is COCC(C)Nc1ccc(CCN)cc1. The van der Waals surface area contributed by atoms with Crippen molar-refractivity contribution in [2.24, 2.45) is 5.73 Å². The van der Waals surface area contributed by atoms with Gasteiger partial charge in [0, 0.05) is 18.8 Å². The predicted molar refractivity (Wildman–Crippen MR) is 64.2 cm³/mol. The first kappa shape index (κ1) is 12.0. The molecule has 0 aliphatic rings. The Morgan fingerprint density at radius 2 is 2.00 bits per heavy atom. The van der Waals surface area contributed by atoms with Crippen molar-refractivity contribution in [2.45, 2.75) is 19.4 Å². The fraction of sp³-hybridized carbons (Fsp3) is 0.500. The summed E-state index contributed by atoms with van der Waals surface area (Å²) in [5.41, 5.74) is 7.89. The number of nitrogens with two attached hydrogens (primary N) is 1. The molecule has 1 aromatic carbocycles. The summed E-state index contributed by atoms with van der Waals surface area (Å²) in [5, 5.41) is 3.36. The van der Waals surface area contributed by atoms with Crippen LogP contribution in [-0.4, -0.2) is 26.3 Å². The summed E-state index contributed by atoms with van der Waals surface area (Å²) in [6, 6.07) is 8.70. The molecule has 0 spiro atoms. The molecule has 0 heterocycles. The van der Waals surface area contributed by atoms with Gasteiger partial charge in [-0.3, -0.25) is 0 Å². The highest BCUT2D eigenvalue weighted by molar-refractivity contribution is 5.45. The number of hydrogen-bond donors (Lipinski definition) is 2. The summed E-state index contributed by atoms with van der Waals surface area (Å²) in [6.07, 6.45) is 0.938. The van der Waals surface area contributed by atoms with E-state index < -0.39 is 0 Å². The Kier molecular flexibility index (Phi) is 5.15. The van der Waals surface area contributed by atoms with E-state index in [9.17, 15) is 0 Å². The Morgan fingerprint density at radius 1 is 1.33 bits per heavy atom. The van der Waals surface area contributed by atoms with Gasteiger partial charge in [-0.15, -0.1) is 0 Å². The number of anilines is 1. The molecule has 15 heavy (non-hydrogen) atoms. The maximum Gasteiger partial charge on any atom is 0.0661 e. The van der Waals surface area contributed by atoms with Crippen LogP contribution < -0.4 is 11.1 Å². The molecule has 84 valence electrons. The third-order valence-electron chi connectivity index (χ3n) is 2.22. The van der Waals surface area contributed by atoms with E-state index in [2.05, 4.69) is 36.5 Å². The molecule has 1 rings (SSSR count). The minimum Gasteiger partial charge on any atom is -0.383 e. The zero-order chi connectivity index (χ0) is 11.1. The average molecular weight is 208 g/mol. The molecule has 1 atom stereocenters. The van der Waals surface area contributed by atoms with Crippen molar-refractivity contribution in [3.05, 3.63) is 29.8 Å². The fourth-order valence-corrected chi connectivity index (χ4v) is 1.51. The van der Waals surface area contributed by atoms with Crippen LogP contribution in [0.3, 0.4) is 0 Å². The van der Waals surface area contributed by atoms with Gasteiger partial charge in [0.15, 0.2) is 0 Å². The number of hydrogen-bond acceptors (Lipinski definition) is 3. The quantitative estimate of drug-likeness (QED) is 0.747. The average Bonchev–Trinajstić information content (AvgIpc) is 2.22. The Balaban J connectivity index is 2.48. The van der Waals surface area contributed by atoms with Crippen molar-refractivity contribution in [1.29, 1.82) is 0 Å². The summed E-state index contributed by atoms with van der Waals surface area (Å²) in [6.45, 7) is 3.51. The van der Waals surface area contributed by atoms with Crippen LogP contribution in [0.2, 0.25) is 0 Å². The fourth-order valence-electron chi connectivity index (χ4n) is 1.51. The molecule has 1 unspecified atom stereocenters. The zero-order valence-electron chi connectivity index (χ0n) is 9.49. The topological polar surface area (TPSA) is 47.3 Å². The van der Waals surface area contributed by atoms with E-state index in [1.807, 2.05) is 0 Å². The molecule has 0 fully saturated rings. The highest BCUT2D eigenvalue weighted by Crippen LogP contribution is 2.10. The molecule has 1 aromatic rings. The van der Waals surface area contributed by atoms with E-state index in [1.165, 1.54) is 5.56 Å². The first-order valence-electron chi connectivity index (χ1n) is 5.30. The summed E-state index contributed by atoms with van der Waals surface area (Å²) in [4.78, 5) is 0. The van der Waals surface area contributed by atoms with Gasteiger partial charge >= 0.3 is 0 Å². The Morgan fingerprint density at radius 3 is 2.53 bits per heavy atom. The van der Waals surface area contributed by atoms with Gasteiger partial charge in [-0.1, -0.05) is 12.1 Å². The molecular formula is C12H20N2O. The lowest BCUT2D eigenvalue weighted by atomic mass is 10.1. The van der Waals surface area contributed by atoms with Crippen LogP contribution in [0.5, 0.6) is 0 Å². The summed E-state index contributed by atoms with van der Waals surface area (Å²) < 4.78 is 5.06. The van der Waals surface area contributed by atoms with Gasteiger partial charge in [0.05, 0.1) is 6.61 Å². The number of rotatable bonds is 6. The van der Waals surface area contributed by atoms with E-state index in [0.29, 0.717) is 19.2 Å². The molecule has 3 heteroatoms. The second kappa shape index (κ2) is 6.43. The molecule has 0 bridgehead atoms. The first-order chi connectivity index (χ1) is 7.26. The Hall–Kier alpha value is -1.06. The first-order valence-corrected chi connectivity index (χ1v) is 5.30. The monoisotopic (exact) mass is 208 g/mol. The lowest BCUT2D eigenvalue weighted by Gasteiger charge is -2.14. The smallest absolute Gasteiger partial charge is 0.0661 e. The van der Waals surface area contributed by atoms with Crippen LogP contribution in [0.4, 0.5) is 5.69 Å². The predicted octanol–water partition coefficient (Wildman–Crippen LogP) is 1.63. The highest BCUT2D eigenvalue weighted by Gasteiger charge is 2.00. The van der Waals surface area contributed by atoms with Gasteiger partial charge in [-0.05, 0) is 37.6 Å². The van der Waals surface area contributed by atoms with Gasteiger partial charge in [0.25, 0.3) is 0 Å². The van der Waals surface area contributed by atoms with Crippen molar-refractivity contribution in [3.8, 4) is 0 Å². The second-order valence-electron chi connectivity index (χ2n) is 3.74. The van der Waals surface area contributed by atoms with Crippen LogP contribution in [0.25, 0.3) is 0 Å². The van der Waals surface area contributed by atoms with Crippen molar-refractivity contribution in [1.82, 2.24) is 0 Å². The molecule has 3 nitrogen and oxygen atoms in total. The second-order valence-corrected chi connectivity index (χ2v) is 3.74. The third-order valence-corrected chi connectivity index (χ3v) is 2.22. The zero-order valence-corrected chi connectivity index (χ0v) is 9.49. The van der Waals surface area contributed by atoms with Gasteiger partial charge < -0.3 is 15.8 Å². The molecule has 0 radical (unpaired) electrons. The van der Waals surface area contributed by atoms with E-state index >= 15 is 0 Å².